The molecule has 2 rings (SSSR count). The molecule has 0 saturated carbocycles. The molecule has 2 atom stereocenters. The molecule has 1 aliphatic rings. The summed E-state index contributed by atoms with van der Waals surface area (Å²) in [6.45, 7) is 3.51. The van der Waals surface area contributed by atoms with E-state index >= 15 is 0 Å². The quantitative estimate of drug-likeness (QED) is 0.621. The number of piperidine rings is 1. The maximum absolute atomic E-state index is 11.1. The van der Waals surface area contributed by atoms with Gasteiger partial charge < -0.3 is 21.5 Å². The number of hydrogen-bond acceptors (Lipinski definition) is 4. The lowest BCUT2D eigenvalue weighted by Gasteiger charge is -2.41. The molecule has 0 aromatic carbocycles. The lowest BCUT2D eigenvalue weighted by atomic mass is 9.79. The molecule has 0 spiro atoms. The van der Waals surface area contributed by atoms with Gasteiger partial charge in [-0.05, 0) is 24.9 Å². The van der Waals surface area contributed by atoms with Gasteiger partial charge in [0.1, 0.15) is 0 Å². The summed E-state index contributed by atoms with van der Waals surface area (Å²) >= 11 is 0. The minimum atomic E-state index is -1.04. The molecule has 1 saturated heterocycles. The Morgan fingerprint density at radius 1 is 1.72 bits per heavy atom. The van der Waals surface area contributed by atoms with E-state index < -0.39 is 11.6 Å². The van der Waals surface area contributed by atoms with Crippen LogP contribution in [0, 0.1) is 5.92 Å². The maximum atomic E-state index is 11.1. The second-order valence-corrected chi connectivity index (χ2v) is 4.92. The first-order valence-corrected chi connectivity index (χ1v) is 5.95. The summed E-state index contributed by atoms with van der Waals surface area (Å²) in [6.07, 6.45) is 2.87. The van der Waals surface area contributed by atoms with Crippen LogP contribution in [0.25, 0.3) is 0 Å². The molecule has 98 valence electrons. The van der Waals surface area contributed by atoms with E-state index in [4.69, 9.17) is 10.8 Å². The van der Waals surface area contributed by atoms with Gasteiger partial charge in [-0.2, -0.15) is 0 Å². The Labute approximate surface area is 106 Å². The molecule has 2 heterocycles. The number of hydrogen-bond donors (Lipinski definition) is 4. The summed E-state index contributed by atoms with van der Waals surface area (Å²) < 4.78 is 0. The minimum Gasteiger partial charge on any atom is -0.465 e. The van der Waals surface area contributed by atoms with E-state index in [9.17, 15) is 4.79 Å². The third-order valence-corrected chi connectivity index (χ3v) is 3.33. The summed E-state index contributed by atoms with van der Waals surface area (Å²) in [4.78, 5) is 15.0. The molecule has 0 radical (unpaired) electrons. The van der Waals surface area contributed by atoms with E-state index in [1.54, 1.807) is 18.5 Å². The van der Waals surface area contributed by atoms with Crippen molar-refractivity contribution in [1.29, 1.82) is 0 Å². The molecule has 1 aliphatic heterocycles. The van der Waals surface area contributed by atoms with Crippen LogP contribution in [-0.2, 0) is 5.54 Å². The van der Waals surface area contributed by atoms with Crippen LogP contribution in [-0.4, -0.2) is 29.3 Å². The average molecular weight is 250 g/mol. The van der Waals surface area contributed by atoms with Gasteiger partial charge in [0.25, 0.3) is 0 Å². The third kappa shape index (κ3) is 2.38. The van der Waals surface area contributed by atoms with Crippen molar-refractivity contribution in [2.75, 3.05) is 18.8 Å². The molecule has 6 heteroatoms. The molecule has 5 N–H and O–H groups in total. The van der Waals surface area contributed by atoms with Crippen LogP contribution in [0.5, 0.6) is 0 Å². The summed E-state index contributed by atoms with van der Waals surface area (Å²) in [6, 6.07) is 1.78. The highest BCUT2D eigenvalue weighted by atomic mass is 16.4. The number of nitrogens with two attached hydrogens (primary N) is 1. The largest absolute Gasteiger partial charge is 0.465 e. The lowest BCUT2D eigenvalue weighted by Crippen LogP contribution is -2.57. The van der Waals surface area contributed by atoms with Gasteiger partial charge in [-0.25, -0.2) is 4.79 Å². The minimum absolute atomic E-state index is 0.373. The lowest BCUT2D eigenvalue weighted by molar-refractivity contribution is 0.156. The molecule has 1 aromatic heterocycles. The fraction of sp³-hybridized carbons (Fsp3) is 0.500. The summed E-state index contributed by atoms with van der Waals surface area (Å²) in [5, 5.41) is 15.0. The predicted molar refractivity (Wildman–Crippen MR) is 68.1 cm³/mol. The zero-order valence-corrected chi connectivity index (χ0v) is 10.3. The first-order chi connectivity index (χ1) is 8.53. The number of nitrogen functional groups attached to an aromatic ring is 1. The van der Waals surface area contributed by atoms with Gasteiger partial charge in [-0.3, -0.25) is 4.98 Å². The Hall–Kier alpha value is -1.82. The SMILES string of the molecule is C[C@H]1CNC[C@@](NC(=O)O)(c2ccncc2N)C1. The normalized spacial score (nSPS) is 27.7. The van der Waals surface area contributed by atoms with Crippen LogP contribution in [0.4, 0.5) is 10.5 Å². The number of pyridine rings is 1. The van der Waals surface area contributed by atoms with Crippen LogP contribution in [0.15, 0.2) is 18.5 Å². The van der Waals surface area contributed by atoms with Gasteiger partial charge in [-0.1, -0.05) is 6.92 Å². The van der Waals surface area contributed by atoms with Crippen LogP contribution >= 0.6 is 0 Å². The molecule has 0 unspecified atom stereocenters. The standard InChI is InChI=1S/C12H18N4O2/c1-8-4-12(7-15-5-8,16-11(17)18)9-2-3-14-6-10(9)13/h2-3,6,8,15-16H,4-5,7,13H2,1H3,(H,17,18)/t8-,12-/m1/s1. The molecule has 18 heavy (non-hydrogen) atoms. The molecule has 0 bridgehead atoms. The zero-order chi connectivity index (χ0) is 13.2. The number of aromatic nitrogens is 1. The fourth-order valence-corrected chi connectivity index (χ4v) is 2.69. The van der Waals surface area contributed by atoms with Crippen molar-refractivity contribution in [3.8, 4) is 0 Å². The molecule has 1 aromatic rings. The van der Waals surface area contributed by atoms with Gasteiger partial charge in [0.05, 0.1) is 17.4 Å². The maximum Gasteiger partial charge on any atom is 0.405 e. The van der Waals surface area contributed by atoms with Crippen molar-refractivity contribution in [3.05, 3.63) is 24.0 Å². The van der Waals surface area contributed by atoms with Crippen molar-refractivity contribution in [3.63, 3.8) is 0 Å². The summed E-state index contributed by atoms with van der Waals surface area (Å²) in [7, 11) is 0. The van der Waals surface area contributed by atoms with Gasteiger partial charge in [0.15, 0.2) is 0 Å². The Kier molecular flexibility index (Phi) is 3.38. The number of rotatable bonds is 2. The molecule has 1 fully saturated rings. The molecular formula is C12H18N4O2. The second kappa shape index (κ2) is 4.81. The van der Waals surface area contributed by atoms with Crippen LogP contribution in [0.2, 0.25) is 0 Å². The van der Waals surface area contributed by atoms with Crippen molar-refractivity contribution in [2.45, 2.75) is 18.9 Å². The van der Waals surface area contributed by atoms with Crippen LogP contribution < -0.4 is 16.4 Å². The fourth-order valence-electron chi connectivity index (χ4n) is 2.69. The highest BCUT2D eigenvalue weighted by Gasteiger charge is 2.39. The van der Waals surface area contributed by atoms with Crippen molar-refractivity contribution in [2.24, 2.45) is 5.92 Å². The van der Waals surface area contributed by atoms with Crippen LogP contribution in [0.3, 0.4) is 0 Å². The third-order valence-electron chi connectivity index (χ3n) is 3.33. The number of carboxylic acid groups (broad SMARTS) is 1. The average Bonchev–Trinajstić information content (AvgIpc) is 2.28. The Balaban J connectivity index is 2.41. The van der Waals surface area contributed by atoms with E-state index in [1.807, 2.05) is 0 Å². The topological polar surface area (TPSA) is 100 Å². The van der Waals surface area contributed by atoms with Crippen LogP contribution in [0.1, 0.15) is 18.9 Å². The number of nitrogens with zero attached hydrogens (tertiary/aromatic N) is 1. The number of carbonyl (C=O) groups is 1. The highest BCUT2D eigenvalue weighted by molar-refractivity contribution is 5.67. The number of anilines is 1. The van der Waals surface area contributed by atoms with Gasteiger partial charge >= 0.3 is 6.09 Å². The Morgan fingerprint density at radius 2 is 2.50 bits per heavy atom. The van der Waals surface area contributed by atoms with Crippen molar-refractivity contribution in [1.82, 2.24) is 15.6 Å². The van der Waals surface area contributed by atoms with Crippen molar-refractivity contribution >= 4 is 11.8 Å². The summed E-state index contributed by atoms with van der Waals surface area (Å²) in [5.74, 6) is 0.373. The molecular weight excluding hydrogens is 232 g/mol. The molecule has 0 aliphatic carbocycles. The van der Waals surface area contributed by atoms with E-state index in [1.165, 1.54) is 0 Å². The van der Waals surface area contributed by atoms with E-state index in [2.05, 4.69) is 22.5 Å². The molecule has 6 nitrogen and oxygen atoms in total. The smallest absolute Gasteiger partial charge is 0.405 e. The Morgan fingerprint density at radius 3 is 3.11 bits per heavy atom. The number of nitrogens with one attached hydrogen (secondary N) is 2. The Bertz CT molecular complexity index is 451. The zero-order valence-electron chi connectivity index (χ0n) is 10.3. The van der Waals surface area contributed by atoms with Gasteiger partial charge in [-0.15, -0.1) is 0 Å². The highest BCUT2D eigenvalue weighted by Crippen LogP contribution is 2.33. The number of amides is 1. The van der Waals surface area contributed by atoms with E-state index in [0.29, 0.717) is 18.2 Å². The van der Waals surface area contributed by atoms with E-state index in [-0.39, 0.29) is 0 Å². The van der Waals surface area contributed by atoms with Crippen molar-refractivity contribution < 1.29 is 9.90 Å². The van der Waals surface area contributed by atoms with Gasteiger partial charge in [0, 0.05) is 18.3 Å². The first-order valence-electron chi connectivity index (χ1n) is 5.95. The second-order valence-electron chi connectivity index (χ2n) is 4.92. The monoisotopic (exact) mass is 250 g/mol. The van der Waals surface area contributed by atoms with Gasteiger partial charge in [0.2, 0.25) is 0 Å². The van der Waals surface area contributed by atoms with E-state index in [0.717, 1.165) is 18.5 Å². The first kappa shape index (κ1) is 12.6. The predicted octanol–water partition coefficient (Wildman–Crippen LogP) is 0.756. The summed E-state index contributed by atoms with van der Waals surface area (Å²) in [5.41, 5.74) is 6.57. The molecule has 1 amide bonds.